The number of fused-ring (bicyclic) bond motifs is 5. The summed E-state index contributed by atoms with van der Waals surface area (Å²) in [6, 6.07) is 0. The summed E-state index contributed by atoms with van der Waals surface area (Å²) in [5.41, 5.74) is 1.73. The van der Waals surface area contributed by atoms with E-state index in [0.717, 1.165) is 24.4 Å². The van der Waals surface area contributed by atoms with Crippen LogP contribution in [0.1, 0.15) is 32.6 Å². The number of rotatable bonds is 0. The number of ether oxygens (including phenoxy) is 1. The second-order valence-corrected chi connectivity index (χ2v) is 4.81. The van der Waals surface area contributed by atoms with E-state index < -0.39 is 0 Å². The Morgan fingerprint density at radius 3 is 3.23 bits per heavy atom. The first kappa shape index (κ1) is 8.05. The summed E-state index contributed by atoms with van der Waals surface area (Å²) in [5, 5.41) is 0. The quantitative estimate of drug-likeness (QED) is 0.518. The summed E-state index contributed by atoms with van der Waals surface area (Å²) in [7, 11) is 0. The highest BCUT2D eigenvalue weighted by molar-refractivity contribution is 5.21. The maximum atomic E-state index is 5.90. The predicted octanol–water partition coefficient (Wildman–Crippen LogP) is 2.77. The van der Waals surface area contributed by atoms with Crippen molar-refractivity contribution < 1.29 is 4.74 Å². The maximum Gasteiger partial charge on any atom is 0.0640 e. The van der Waals surface area contributed by atoms with Crippen LogP contribution in [-0.4, -0.2) is 12.7 Å². The van der Waals surface area contributed by atoms with Gasteiger partial charge in [-0.3, -0.25) is 0 Å². The van der Waals surface area contributed by atoms with Gasteiger partial charge >= 0.3 is 0 Å². The molecule has 1 heterocycles. The molecule has 2 saturated carbocycles. The first-order chi connectivity index (χ1) is 6.40. The van der Waals surface area contributed by atoms with E-state index in [0.29, 0.717) is 6.10 Å². The zero-order valence-electron chi connectivity index (χ0n) is 8.33. The van der Waals surface area contributed by atoms with Gasteiger partial charge in [0.05, 0.1) is 6.10 Å². The van der Waals surface area contributed by atoms with Crippen molar-refractivity contribution >= 4 is 0 Å². The summed E-state index contributed by atoms with van der Waals surface area (Å²) in [6.07, 6.45) is 8.47. The van der Waals surface area contributed by atoms with E-state index in [1.165, 1.54) is 25.7 Å². The molecular weight excluding hydrogens is 160 g/mol. The topological polar surface area (TPSA) is 9.23 Å². The summed E-state index contributed by atoms with van der Waals surface area (Å²) >= 11 is 0. The minimum absolute atomic E-state index is 0.641. The molecule has 0 amide bonds. The van der Waals surface area contributed by atoms with Crippen molar-refractivity contribution in [2.75, 3.05) is 6.61 Å². The van der Waals surface area contributed by atoms with Crippen LogP contribution in [0, 0.1) is 17.8 Å². The molecule has 13 heavy (non-hydrogen) atoms. The van der Waals surface area contributed by atoms with E-state index >= 15 is 0 Å². The van der Waals surface area contributed by atoms with Gasteiger partial charge in [0, 0.05) is 6.61 Å². The van der Waals surface area contributed by atoms with Crippen molar-refractivity contribution in [3.63, 3.8) is 0 Å². The molecule has 3 rings (SSSR count). The molecule has 0 aromatic heterocycles. The normalized spacial score (nSPS) is 51.3. The average molecular weight is 178 g/mol. The molecule has 2 bridgehead atoms. The molecule has 1 saturated heterocycles. The molecule has 0 aromatic carbocycles. The third kappa shape index (κ3) is 1.03. The molecule has 1 aliphatic heterocycles. The molecule has 3 aliphatic rings. The fraction of sp³-hybridized carbons (Fsp3) is 0.833. The molecule has 1 heteroatoms. The monoisotopic (exact) mass is 178 g/mol. The van der Waals surface area contributed by atoms with E-state index in [1.54, 1.807) is 5.57 Å². The van der Waals surface area contributed by atoms with Crippen LogP contribution < -0.4 is 0 Å². The van der Waals surface area contributed by atoms with Gasteiger partial charge in [-0.25, -0.2) is 0 Å². The summed E-state index contributed by atoms with van der Waals surface area (Å²) in [6.45, 7) is 3.23. The lowest BCUT2D eigenvalue weighted by molar-refractivity contribution is -0.0458. The van der Waals surface area contributed by atoms with Crippen LogP contribution in [0.2, 0.25) is 0 Å². The lowest BCUT2D eigenvalue weighted by Crippen LogP contribution is -2.35. The Labute approximate surface area is 80.2 Å². The highest BCUT2D eigenvalue weighted by atomic mass is 16.5. The van der Waals surface area contributed by atoms with Crippen molar-refractivity contribution in [1.82, 2.24) is 0 Å². The van der Waals surface area contributed by atoms with Crippen molar-refractivity contribution in [2.24, 2.45) is 17.8 Å². The molecule has 0 radical (unpaired) electrons. The van der Waals surface area contributed by atoms with Gasteiger partial charge in [-0.15, -0.1) is 0 Å². The Morgan fingerprint density at radius 1 is 1.46 bits per heavy atom. The van der Waals surface area contributed by atoms with E-state index in [4.69, 9.17) is 4.74 Å². The Hall–Kier alpha value is -0.300. The first-order valence-corrected chi connectivity index (χ1v) is 5.67. The van der Waals surface area contributed by atoms with Gasteiger partial charge in [0.15, 0.2) is 0 Å². The Kier molecular flexibility index (Phi) is 1.76. The van der Waals surface area contributed by atoms with Crippen LogP contribution in [0.25, 0.3) is 0 Å². The summed E-state index contributed by atoms with van der Waals surface area (Å²) in [4.78, 5) is 0. The zero-order valence-corrected chi connectivity index (χ0v) is 8.33. The van der Waals surface area contributed by atoms with Crippen molar-refractivity contribution in [3.8, 4) is 0 Å². The second-order valence-electron chi connectivity index (χ2n) is 4.81. The van der Waals surface area contributed by atoms with Gasteiger partial charge in [0.25, 0.3) is 0 Å². The number of hydrogen-bond donors (Lipinski definition) is 0. The molecule has 72 valence electrons. The predicted molar refractivity (Wildman–Crippen MR) is 52.4 cm³/mol. The van der Waals surface area contributed by atoms with Crippen molar-refractivity contribution in [2.45, 2.75) is 38.7 Å². The van der Waals surface area contributed by atoms with Gasteiger partial charge in [-0.2, -0.15) is 0 Å². The molecule has 1 nitrogen and oxygen atoms in total. The Bertz CT molecular complexity index is 244. The fourth-order valence-corrected chi connectivity index (χ4v) is 3.79. The molecule has 0 aromatic rings. The first-order valence-electron chi connectivity index (χ1n) is 5.67. The highest BCUT2D eigenvalue weighted by Crippen LogP contribution is 2.55. The molecule has 2 aliphatic carbocycles. The Balaban J connectivity index is 1.87. The molecule has 0 N–H and O–H groups in total. The minimum atomic E-state index is 0.641. The summed E-state index contributed by atoms with van der Waals surface area (Å²) in [5.74, 6) is 2.67. The largest absolute Gasteiger partial charge is 0.378 e. The lowest BCUT2D eigenvalue weighted by Gasteiger charge is -2.36. The minimum Gasteiger partial charge on any atom is -0.378 e. The molecular formula is C12H18O. The molecule has 4 atom stereocenters. The Morgan fingerprint density at radius 2 is 2.38 bits per heavy atom. The van der Waals surface area contributed by atoms with Gasteiger partial charge < -0.3 is 4.74 Å². The average Bonchev–Trinajstić information content (AvgIpc) is 2.75. The van der Waals surface area contributed by atoms with Gasteiger partial charge in [0.1, 0.15) is 0 Å². The third-order valence-corrected chi connectivity index (χ3v) is 4.30. The molecule has 0 unspecified atom stereocenters. The van der Waals surface area contributed by atoms with E-state index in [1.807, 2.05) is 0 Å². The van der Waals surface area contributed by atoms with Gasteiger partial charge in [0.2, 0.25) is 0 Å². The number of allylic oxidation sites excluding steroid dienone is 2. The second kappa shape index (κ2) is 2.84. The van der Waals surface area contributed by atoms with Crippen LogP contribution >= 0.6 is 0 Å². The zero-order chi connectivity index (χ0) is 8.84. The smallest absolute Gasteiger partial charge is 0.0640 e. The van der Waals surface area contributed by atoms with Crippen molar-refractivity contribution in [1.29, 1.82) is 0 Å². The standard InChI is InChI=1S/C12H18O/c1-2-8-6-9-7-11(8)10-4-3-5-13-12(9)10/h2,9-12H,3-7H2,1H3/b8-2+/t9-,10-,11-,12+/m0/s1. The highest BCUT2D eigenvalue weighted by Gasteiger charge is 2.51. The van der Waals surface area contributed by atoms with Crippen LogP contribution in [0.4, 0.5) is 0 Å². The van der Waals surface area contributed by atoms with E-state index in [9.17, 15) is 0 Å². The van der Waals surface area contributed by atoms with Crippen LogP contribution in [0.15, 0.2) is 11.6 Å². The lowest BCUT2D eigenvalue weighted by atomic mass is 9.79. The number of hydrogen-bond acceptors (Lipinski definition) is 1. The van der Waals surface area contributed by atoms with Crippen LogP contribution in [0.5, 0.6) is 0 Å². The summed E-state index contributed by atoms with van der Waals surface area (Å²) < 4.78 is 5.90. The van der Waals surface area contributed by atoms with Gasteiger partial charge in [-0.1, -0.05) is 11.6 Å². The maximum absolute atomic E-state index is 5.90. The van der Waals surface area contributed by atoms with Crippen LogP contribution in [0.3, 0.4) is 0 Å². The third-order valence-electron chi connectivity index (χ3n) is 4.30. The fourth-order valence-electron chi connectivity index (χ4n) is 3.79. The van der Waals surface area contributed by atoms with E-state index in [2.05, 4.69) is 13.0 Å². The SMILES string of the molecule is C/C=C1\C[C@H]2C[C@@H]1[C@@H]1CCCO[C@H]21. The van der Waals surface area contributed by atoms with Gasteiger partial charge in [-0.05, 0) is 50.4 Å². The van der Waals surface area contributed by atoms with E-state index in [-0.39, 0.29) is 0 Å². The van der Waals surface area contributed by atoms with Crippen molar-refractivity contribution in [3.05, 3.63) is 11.6 Å². The van der Waals surface area contributed by atoms with Crippen LogP contribution in [-0.2, 0) is 4.74 Å². The molecule has 3 fully saturated rings. The molecule has 0 spiro atoms.